The van der Waals surface area contributed by atoms with E-state index < -0.39 is 0 Å². The predicted molar refractivity (Wildman–Crippen MR) is 70.5 cm³/mol. The molecule has 3 heteroatoms. The third kappa shape index (κ3) is 3.22. The Hall–Kier alpha value is -1.51. The third-order valence-corrected chi connectivity index (χ3v) is 2.87. The molecular formula is C14H21NO2. The van der Waals surface area contributed by atoms with Crippen LogP contribution in [0.5, 0.6) is 5.75 Å². The van der Waals surface area contributed by atoms with E-state index >= 15 is 0 Å². The van der Waals surface area contributed by atoms with Crippen molar-refractivity contribution in [2.24, 2.45) is 5.92 Å². The molecule has 0 saturated heterocycles. The lowest BCUT2D eigenvalue weighted by Crippen LogP contribution is -2.18. The summed E-state index contributed by atoms with van der Waals surface area (Å²) in [6.07, 6.45) is 1.85. The van der Waals surface area contributed by atoms with Gasteiger partial charge in [0.05, 0.1) is 7.11 Å². The van der Waals surface area contributed by atoms with E-state index in [-0.39, 0.29) is 11.8 Å². The molecule has 1 aromatic carbocycles. The number of hydrogen-bond acceptors (Lipinski definition) is 2. The summed E-state index contributed by atoms with van der Waals surface area (Å²) < 4.78 is 5.13. The van der Waals surface area contributed by atoms with Crippen LogP contribution in [0.25, 0.3) is 0 Å². The van der Waals surface area contributed by atoms with Crippen LogP contribution in [0.3, 0.4) is 0 Å². The number of anilines is 1. The van der Waals surface area contributed by atoms with Gasteiger partial charge >= 0.3 is 0 Å². The Kier molecular flexibility index (Phi) is 5.01. The van der Waals surface area contributed by atoms with Crippen LogP contribution in [0, 0.1) is 5.92 Å². The zero-order valence-corrected chi connectivity index (χ0v) is 11.0. The Labute approximate surface area is 103 Å². The number of ether oxygens (including phenoxy) is 1. The molecule has 0 bridgehead atoms. The Morgan fingerprint density at radius 1 is 1.35 bits per heavy atom. The number of fused-ring (bicyclic) bond motifs is 1. The van der Waals surface area contributed by atoms with Gasteiger partial charge in [0, 0.05) is 17.7 Å². The first kappa shape index (κ1) is 13.6. The number of carbonyl (C=O) groups is 1. The Balaban J connectivity index is 0.000000686. The summed E-state index contributed by atoms with van der Waals surface area (Å²) in [6, 6.07) is 5.83. The van der Waals surface area contributed by atoms with Crippen LogP contribution in [-0.2, 0) is 11.2 Å². The van der Waals surface area contributed by atoms with Crippen molar-refractivity contribution in [1.29, 1.82) is 0 Å². The van der Waals surface area contributed by atoms with Gasteiger partial charge in [-0.1, -0.05) is 26.8 Å². The molecule has 0 spiro atoms. The lowest BCUT2D eigenvalue weighted by molar-refractivity contribution is -0.119. The minimum absolute atomic E-state index is 0.0865. The van der Waals surface area contributed by atoms with E-state index in [9.17, 15) is 4.79 Å². The largest absolute Gasteiger partial charge is 0.497 e. The van der Waals surface area contributed by atoms with E-state index in [2.05, 4.69) is 5.32 Å². The van der Waals surface area contributed by atoms with E-state index in [1.165, 1.54) is 5.56 Å². The van der Waals surface area contributed by atoms with Crippen molar-refractivity contribution < 1.29 is 9.53 Å². The molecule has 1 aliphatic heterocycles. The first-order valence-electron chi connectivity index (χ1n) is 6.18. The molecule has 1 amide bonds. The van der Waals surface area contributed by atoms with E-state index in [4.69, 9.17) is 4.74 Å². The lowest BCUT2D eigenvalue weighted by Gasteiger charge is -2.08. The SMILES string of the molecule is CC.COc1ccc2c(c1)NC(=O)C(C)CC2. The summed E-state index contributed by atoms with van der Waals surface area (Å²) in [6.45, 7) is 5.96. The smallest absolute Gasteiger partial charge is 0.227 e. The lowest BCUT2D eigenvalue weighted by atomic mass is 10.0. The van der Waals surface area contributed by atoms with E-state index in [0.717, 1.165) is 24.3 Å². The first-order chi connectivity index (χ1) is 8.20. The van der Waals surface area contributed by atoms with Crippen LogP contribution < -0.4 is 10.1 Å². The van der Waals surface area contributed by atoms with Gasteiger partial charge in [-0.2, -0.15) is 0 Å². The summed E-state index contributed by atoms with van der Waals surface area (Å²) in [5.74, 6) is 0.967. The fourth-order valence-electron chi connectivity index (χ4n) is 1.78. The number of methoxy groups -OCH3 is 1. The normalized spacial score (nSPS) is 18.1. The number of rotatable bonds is 1. The standard InChI is InChI=1S/C12H15NO2.C2H6/c1-8-3-4-9-5-6-10(15-2)7-11(9)13-12(8)14;1-2/h5-8H,3-4H2,1-2H3,(H,13,14);1-2H3. The Morgan fingerprint density at radius 3 is 2.71 bits per heavy atom. The molecule has 94 valence electrons. The average molecular weight is 235 g/mol. The molecule has 1 unspecified atom stereocenters. The summed E-state index contributed by atoms with van der Waals surface area (Å²) in [4.78, 5) is 11.6. The highest BCUT2D eigenvalue weighted by Crippen LogP contribution is 2.27. The second kappa shape index (κ2) is 6.28. The highest BCUT2D eigenvalue weighted by atomic mass is 16.5. The Bertz CT molecular complexity index is 388. The van der Waals surface area contributed by atoms with Crippen LogP contribution in [0.4, 0.5) is 5.69 Å². The summed E-state index contributed by atoms with van der Waals surface area (Å²) in [5, 5.41) is 2.93. The molecule has 1 aromatic rings. The van der Waals surface area contributed by atoms with Gasteiger partial charge in [0.25, 0.3) is 0 Å². The van der Waals surface area contributed by atoms with Crippen molar-refractivity contribution >= 4 is 11.6 Å². The van der Waals surface area contributed by atoms with Gasteiger partial charge in [0.15, 0.2) is 0 Å². The maximum absolute atomic E-state index is 11.6. The van der Waals surface area contributed by atoms with Crippen molar-refractivity contribution in [3.05, 3.63) is 23.8 Å². The molecule has 17 heavy (non-hydrogen) atoms. The molecule has 0 saturated carbocycles. The predicted octanol–water partition coefficient (Wildman–Crippen LogP) is 3.24. The number of nitrogens with one attached hydrogen (secondary N) is 1. The summed E-state index contributed by atoms with van der Waals surface area (Å²) in [7, 11) is 1.63. The van der Waals surface area contributed by atoms with Gasteiger partial charge in [-0.25, -0.2) is 0 Å². The van der Waals surface area contributed by atoms with Gasteiger partial charge in [0.1, 0.15) is 5.75 Å². The van der Waals surface area contributed by atoms with Crippen molar-refractivity contribution in [2.75, 3.05) is 12.4 Å². The van der Waals surface area contributed by atoms with Crippen molar-refractivity contribution in [2.45, 2.75) is 33.6 Å². The molecule has 0 aromatic heterocycles. The maximum Gasteiger partial charge on any atom is 0.227 e. The zero-order chi connectivity index (χ0) is 12.8. The van der Waals surface area contributed by atoms with E-state index in [1.54, 1.807) is 7.11 Å². The average Bonchev–Trinajstić information content (AvgIpc) is 2.51. The maximum atomic E-state index is 11.6. The fraction of sp³-hybridized carbons (Fsp3) is 0.500. The van der Waals surface area contributed by atoms with Gasteiger partial charge in [-0.05, 0) is 24.5 Å². The minimum Gasteiger partial charge on any atom is -0.497 e. The topological polar surface area (TPSA) is 38.3 Å². The van der Waals surface area contributed by atoms with Crippen LogP contribution >= 0.6 is 0 Å². The van der Waals surface area contributed by atoms with Crippen molar-refractivity contribution in [1.82, 2.24) is 0 Å². The molecule has 1 atom stereocenters. The monoisotopic (exact) mass is 235 g/mol. The van der Waals surface area contributed by atoms with E-state index in [1.807, 2.05) is 39.0 Å². The molecule has 1 heterocycles. The van der Waals surface area contributed by atoms with Crippen LogP contribution in [0.1, 0.15) is 32.8 Å². The quantitative estimate of drug-likeness (QED) is 0.811. The zero-order valence-electron chi connectivity index (χ0n) is 11.0. The number of amides is 1. The number of carbonyl (C=O) groups excluding carboxylic acids is 1. The fourth-order valence-corrected chi connectivity index (χ4v) is 1.78. The number of hydrogen-bond donors (Lipinski definition) is 1. The summed E-state index contributed by atoms with van der Waals surface area (Å²) >= 11 is 0. The highest BCUT2D eigenvalue weighted by Gasteiger charge is 2.19. The van der Waals surface area contributed by atoms with Crippen LogP contribution in [0.2, 0.25) is 0 Å². The van der Waals surface area contributed by atoms with Gasteiger partial charge in [0.2, 0.25) is 5.91 Å². The molecule has 2 rings (SSSR count). The second-order valence-electron chi connectivity index (χ2n) is 3.95. The molecular weight excluding hydrogens is 214 g/mol. The molecule has 0 radical (unpaired) electrons. The first-order valence-corrected chi connectivity index (χ1v) is 6.18. The molecule has 0 fully saturated rings. The summed E-state index contributed by atoms with van der Waals surface area (Å²) in [5.41, 5.74) is 2.08. The van der Waals surface area contributed by atoms with Crippen molar-refractivity contribution in [3.63, 3.8) is 0 Å². The van der Waals surface area contributed by atoms with Gasteiger partial charge in [-0.3, -0.25) is 4.79 Å². The van der Waals surface area contributed by atoms with Crippen molar-refractivity contribution in [3.8, 4) is 5.75 Å². The number of aryl methyl sites for hydroxylation is 1. The minimum atomic E-state index is 0.0865. The number of benzene rings is 1. The molecule has 3 nitrogen and oxygen atoms in total. The van der Waals surface area contributed by atoms with Crippen LogP contribution in [0.15, 0.2) is 18.2 Å². The third-order valence-electron chi connectivity index (χ3n) is 2.87. The van der Waals surface area contributed by atoms with Crippen LogP contribution in [-0.4, -0.2) is 13.0 Å². The molecule has 1 aliphatic rings. The van der Waals surface area contributed by atoms with E-state index in [0.29, 0.717) is 0 Å². The molecule has 1 N–H and O–H groups in total. The second-order valence-corrected chi connectivity index (χ2v) is 3.95. The molecule has 0 aliphatic carbocycles. The van der Waals surface area contributed by atoms with Gasteiger partial charge in [-0.15, -0.1) is 0 Å². The van der Waals surface area contributed by atoms with Gasteiger partial charge < -0.3 is 10.1 Å². The Morgan fingerprint density at radius 2 is 2.06 bits per heavy atom. The highest BCUT2D eigenvalue weighted by molar-refractivity contribution is 5.94.